The molecule has 0 bridgehead atoms. The molecule has 8 heteroatoms. The molecule has 2 aromatic heterocycles. The van der Waals surface area contributed by atoms with Gasteiger partial charge in [0.2, 0.25) is 0 Å². The number of carbonyl (C=O) groups excluding carboxylic acids is 1. The van der Waals surface area contributed by atoms with E-state index in [1.807, 2.05) is 19.2 Å². The standard InChI is InChI=1S/C18H24N6O2/c1-2-24-6-4-15(22-24)18(26)21-13-7-12(8-13)16-9-17(20-11-19-16)23-5-3-14(25)10-23/h4,6,9,11-14,25H,2-3,5,7-8,10H2,1H3,(H,21,26). The third-order valence-electron chi connectivity index (χ3n) is 5.25. The Kier molecular flexibility index (Phi) is 4.58. The largest absolute Gasteiger partial charge is 0.391 e. The minimum absolute atomic E-state index is 0.116. The molecule has 1 amide bonds. The average Bonchev–Trinajstić information content (AvgIpc) is 3.26. The summed E-state index contributed by atoms with van der Waals surface area (Å²) in [6.07, 6.45) is 5.67. The normalized spacial score (nSPS) is 25.2. The maximum atomic E-state index is 12.2. The van der Waals surface area contributed by atoms with Gasteiger partial charge < -0.3 is 15.3 Å². The number of hydrogen-bond acceptors (Lipinski definition) is 6. The molecule has 0 aromatic carbocycles. The van der Waals surface area contributed by atoms with Gasteiger partial charge in [-0.2, -0.15) is 5.10 Å². The summed E-state index contributed by atoms with van der Waals surface area (Å²) in [5.74, 6) is 1.10. The second-order valence-corrected chi connectivity index (χ2v) is 7.08. The van der Waals surface area contributed by atoms with Crippen LogP contribution in [0.1, 0.15) is 48.3 Å². The first-order valence-electron chi connectivity index (χ1n) is 9.21. The number of aliphatic hydroxyl groups excluding tert-OH is 1. The first-order valence-corrected chi connectivity index (χ1v) is 9.21. The summed E-state index contributed by atoms with van der Waals surface area (Å²) in [5, 5.41) is 17.0. The third-order valence-corrected chi connectivity index (χ3v) is 5.25. The smallest absolute Gasteiger partial charge is 0.271 e. The van der Waals surface area contributed by atoms with Crippen molar-refractivity contribution in [2.75, 3.05) is 18.0 Å². The van der Waals surface area contributed by atoms with Crippen LogP contribution in [0.25, 0.3) is 0 Å². The Balaban J connectivity index is 1.32. The molecule has 26 heavy (non-hydrogen) atoms. The molecular formula is C18H24N6O2. The number of nitrogens with zero attached hydrogens (tertiary/aromatic N) is 5. The topological polar surface area (TPSA) is 96.2 Å². The van der Waals surface area contributed by atoms with E-state index in [1.165, 1.54) is 0 Å². The van der Waals surface area contributed by atoms with E-state index < -0.39 is 0 Å². The van der Waals surface area contributed by atoms with Crippen LogP contribution in [0, 0.1) is 0 Å². The highest BCUT2D eigenvalue weighted by Crippen LogP contribution is 2.36. The predicted molar refractivity (Wildman–Crippen MR) is 96.0 cm³/mol. The molecule has 8 nitrogen and oxygen atoms in total. The van der Waals surface area contributed by atoms with Gasteiger partial charge in [-0.25, -0.2) is 9.97 Å². The van der Waals surface area contributed by atoms with Crippen LogP contribution in [0.4, 0.5) is 5.82 Å². The van der Waals surface area contributed by atoms with Crippen LogP contribution in [0.15, 0.2) is 24.7 Å². The fourth-order valence-electron chi connectivity index (χ4n) is 3.60. The van der Waals surface area contributed by atoms with E-state index in [9.17, 15) is 9.90 Å². The van der Waals surface area contributed by atoms with Crippen molar-refractivity contribution in [2.24, 2.45) is 0 Å². The highest BCUT2D eigenvalue weighted by Gasteiger charge is 2.33. The Labute approximate surface area is 152 Å². The number of anilines is 1. The molecule has 1 atom stereocenters. The number of nitrogens with one attached hydrogen (secondary N) is 1. The molecule has 2 aliphatic rings. The number of hydrogen-bond donors (Lipinski definition) is 2. The number of β-amino-alcohol motifs (C(OH)–C–C–N with tert-alkyl or cyclic N) is 1. The lowest BCUT2D eigenvalue weighted by atomic mass is 9.78. The van der Waals surface area contributed by atoms with Gasteiger partial charge in [0, 0.05) is 49.6 Å². The van der Waals surface area contributed by atoms with Gasteiger partial charge in [-0.15, -0.1) is 0 Å². The van der Waals surface area contributed by atoms with Crippen LogP contribution in [-0.4, -0.2) is 56.0 Å². The number of amides is 1. The quantitative estimate of drug-likeness (QED) is 0.828. The van der Waals surface area contributed by atoms with Crippen LogP contribution < -0.4 is 10.2 Å². The van der Waals surface area contributed by atoms with E-state index in [0.717, 1.165) is 43.9 Å². The van der Waals surface area contributed by atoms with Crippen LogP contribution in [0.5, 0.6) is 0 Å². The summed E-state index contributed by atoms with van der Waals surface area (Å²) in [7, 11) is 0. The van der Waals surface area contributed by atoms with E-state index >= 15 is 0 Å². The fourth-order valence-corrected chi connectivity index (χ4v) is 3.60. The van der Waals surface area contributed by atoms with Crippen molar-refractivity contribution in [3.63, 3.8) is 0 Å². The summed E-state index contributed by atoms with van der Waals surface area (Å²) in [6, 6.07) is 3.92. The summed E-state index contributed by atoms with van der Waals surface area (Å²) in [6.45, 7) is 4.20. The molecule has 1 aliphatic heterocycles. The van der Waals surface area contributed by atoms with Gasteiger partial charge in [0.15, 0.2) is 0 Å². The number of carbonyl (C=O) groups is 1. The van der Waals surface area contributed by atoms with Gasteiger partial charge in [0.1, 0.15) is 17.8 Å². The van der Waals surface area contributed by atoms with Gasteiger partial charge >= 0.3 is 0 Å². The molecule has 1 aliphatic carbocycles. The maximum absolute atomic E-state index is 12.2. The maximum Gasteiger partial charge on any atom is 0.271 e. The van der Waals surface area contributed by atoms with Gasteiger partial charge in [-0.05, 0) is 32.3 Å². The van der Waals surface area contributed by atoms with Crippen LogP contribution >= 0.6 is 0 Å². The van der Waals surface area contributed by atoms with Crippen LogP contribution in [0.2, 0.25) is 0 Å². The minimum atomic E-state index is -0.270. The Bertz CT molecular complexity index is 785. The Morgan fingerprint density at radius 2 is 2.23 bits per heavy atom. The second kappa shape index (κ2) is 7.03. The van der Waals surface area contributed by atoms with E-state index in [4.69, 9.17) is 0 Å². The molecule has 1 saturated heterocycles. The zero-order chi connectivity index (χ0) is 18.1. The second-order valence-electron chi connectivity index (χ2n) is 7.08. The van der Waals surface area contributed by atoms with Crippen molar-refractivity contribution in [1.29, 1.82) is 0 Å². The van der Waals surface area contributed by atoms with E-state index in [2.05, 4.69) is 25.3 Å². The van der Waals surface area contributed by atoms with Crippen LogP contribution in [0.3, 0.4) is 0 Å². The molecule has 1 saturated carbocycles. The lowest BCUT2D eigenvalue weighted by Gasteiger charge is -2.35. The number of aromatic nitrogens is 4. The monoisotopic (exact) mass is 356 g/mol. The van der Waals surface area contributed by atoms with Gasteiger partial charge in [-0.3, -0.25) is 9.48 Å². The number of aryl methyl sites for hydroxylation is 1. The van der Waals surface area contributed by atoms with Gasteiger partial charge in [-0.1, -0.05) is 0 Å². The van der Waals surface area contributed by atoms with Crippen molar-refractivity contribution in [3.8, 4) is 0 Å². The number of aliphatic hydroxyl groups is 1. The molecule has 2 aromatic rings. The zero-order valence-electron chi connectivity index (χ0n) is 14.9. The van der Waals surface area contributed by atoms with Crippen molar-refractivity contribution < 1.29 is 9.90 Å². The Hall–Kier alpha value is -2.48. The lowest BCUT2D eigenvalue weighted by molar-refractivity contribution is 0.0902. The lowest BCUT2D eigenvalue weighted by Crippen LogP contribution is -2.43. The average molecular weight is 356 g/mol. The summed E-state index contributed by atoms with van der Waals surface area (Å²) in [4.78, 5) is 23.1. The Morgan fingerprint density at radius 3 is 2.92 bits per heavy atom. The summed E-state index contributed by atoms with van der Waals surface area (Å²) >= 11 is 0. The molecule has 4 rings (SSSR count). The highest BCUT2D eigenvalue weighted by molar-refractivity contribution is 5.92. The van der Waals surface area contributed by atoms with Gasteiger partial charge in [0.05, 0.1) is 6.10 Å². The summed E-state index contributed by atoms with van der Waals surface area (Å²) in [5.41, 5.74) is 1.48. The molecule has 0 radical (unpaired) electrons. The summed E-state index contributed by atoms with van der Waals surface area (Å²) < 4.78 is 1.75. The number of rotatable bonds is 5. The molecule has 0 spiro atoms. The molecule has 1 unspecified atom stereocenters. The van der Waals surface area contributed by atoms with E-state index in [1.54, 1.807) is 17.1 Å². The van der Waals surface area contributed by atoms with Crippen molar-refractivity contribution >= 4 is 11.7 Å². The first-order chi connectivity index (χ1) is 12.6. The molecule has 3 heterocycles. The zero-order valence-corrected chi connectivity index (χ0v) is 14.9. The molecular weight excluding hydrogens is 332 g/mol. The van der Waals surface area contributed by atoms with Crippen molar-refractivity contribution in [2.45, 2.75) is 50.8 Å². The van der Waals surface area contributed by atoms with Crippen LogP contribution in [-0.2, 0) is 6.54 Å². The predicted octanol–water partition coefficient (Wildman–Crippen LogP) is 0.940. The highest BCUT2D eigenvalue weighted by atomic mass is 16.3. The van der Waals surface area contributed by atoms with Gasteiger partial charge in [0.25, 0.3) is 5.91 Å². The van der Waals surface area contributed by atoms with Crippen molar-refractivity contribution in [1.82, 2.24) is 25.1 Å². The SMILES string of the molecule is CCn1ccc(C(=O)NC2CC(c3cc(N4CCC(O)C4)ncn3)C2)n1. The van der Waals surface area contributed by atoms with E-state index in [-0.39, 0.29) is 18.1 Å². The Morgan fingerprint density at radius 1 is 1.38 bits per heavy atom. The first kappa shape index (κ1) is 17.0. The van der Waals surface area contributed by atoms with Crippen molar-refractivity contribution in [3.05, 3.63) is 36.0 Å². The minimum Gasteiger partial charge on any atom is -0.391 e. The molecule has 2 fully saturated rings. The fraction of sp³-hybridized carbons (Fsp3) is 0.556. The third kappa shape index (κ3) is 3.41. The molecule has 2 N–H and O–H groups in total. The molecule has 138 valence electrons. The van der Waals surface area contributed by atoms with E-state index in [0.29, 0.717) is 18.2 Å².